The van der Waals surface area contributed by atoms with E-state index in [-0.39, 0.29) is 6.67 Å². The Balaban J connectivity index is 4.12. The Hall–Kier alpha value is -1.16. The Bertz CT molecular complexity index is 184. The molecule has 11 heavy (non-hydrogen) atoms. The Morgan fingerprint density at radius 3 is 2.73 bits per heavy atom. The molecule has 0 aliphatic heterocycles. The van der Waals surface area contributed by atoms with E-state index >= 15 is 0 Å². The van der Waals surface area contributed by atoms with E-state index in [1.165, 1.54) is 6.21 Å². The van der Waals surface area contributed by atoms with Crippen LogP contribution in [0.3, 0.4) is 0 Å². The number of aliphatic imine (C=N–C) groups is 1. The van der Waals surface area contributed by atoms with Crippen LogP contribution in [0.4, 0.5) is 0 Å². The van der Waals surface area contributed by atoms with Gasteiger partial charge < -0.3 is 10.9 Å². The van der Waals surface area contributed by atoms with Gasteiger partial charge in [0.25, 0.3) is 0 Å². The van der Waals surface area contributed by atoms with Gasteiger partial charge >= 0.3 is 0 Å². The van der Waals surface area contributed by atoms with Gasteiger partial charge in [-0.1, -0.05) is 6.58 Å². The highest BCUT2D eigenvalue weighted by molar-refractivity contribution is 6.06. The van der Waals surface area contributed by atoms with Crippen LogP contribution in [0.25, 0.3) is 0 Å². The van der Waals surface area contributed by atoms with Crippen molar-refractivity contribution >= 4 is 11.9 Å². The first kappa shape index (κ1) is 9.84. The monoisotopic (exact) mass is 155 g/mol. The molecule has 0 aromatic carbocycles. The lowest BCUT2D eigenvalue weighted by atomic mass is 10.1. The average Bonchev–Trinajstić information content (AvgIpc) is 1.97. The van der Waals surface area contributed by atoms with Gasteiger partial charge in [-0.15, -0.1) is 5.16 Å². The molecule has 0 amide bonds. The number of rotatable bonds is 4. The van der Waals surface area contributed by atoms with Crippen LogP contribution < -0.4 is 5.73 Å². The molecule has 3 N–H and O–H groups in total. The van der Waals surface area contributed by atoms with E-state index in [2.05, 4.69) is 16.7 Å². The van der Waals surface area contributed by atoms with Gasteiger partial charge in [0.05, 0.1) is 6.67 Å². The second kappa shape index (κ2) is 5.61. The predicted molar refractivity (Wildman–Crippen MR) is 46.2 cm³/mol. The molecule has 0 rings (SSSR count). The molecule has 0 unspecified atom stereocenters. The molecule has 4 heteroatoms. The van der Waals surface area contributed by atoms with Gasteiger partial charge in [0.15, 0.2) is 0 Å². The molecule has 0 saturated heterocycles. The maximum Gasteiger partial charge on any atom is 0.0862 e. The predicted octanol–water partition coefficient (Wildman–Crippen LogP) is 0.770. The zero-order valence-electron chi connectivity index (χ0n) is 6.62. The fourth-order valence-corrected chi connectivity index (χ4v) is 0.611. The molecular weight excluding hydrogens is 142 g/mol. The third-order valence-corrected chi connectivity index (χ3v) is 1.14. The Kier molecular flexibility index (Phi) is 5.02. The second-order valence-corrected chi connectivity index (χ2v) is 2.07. The fraction of sp³-hybridized carbons (Fsp3) is 0.429. The van der Waals surface area contributed by atoms with Crippen LogP contribution >= 0.6 is 0 Å². The van der Waals surface area contributed by atoms with Gasteiger partial charge in [-0.25, -0.2) is 0 Å². The number of oxime groups is 1. The van der Waals surface area contributed by atoms with Gasteiger partial charge in [-0.2, -0.15) is 0 Å². The van der Waals surface area contributed by atoms with Crippen molar-refractivity contribution in [2.24, 2.45) is 15.9 Å². The van der Waals surface area contributed by atoms with E-state index in [4.69, 9.17) is 10.9 Å². The molecule has 0 saturated carbocycles. The van der Waals surface area contributed by atoms with Gasteiger partial charge in [-0.05, 0) is 12.5 Å². The SMILES string of the molecule is C=C(C)C(C/C=N\O)=NCN. The summed E-state index contributed by atoms with van der Waals surface area (Å²) in [7, 11) is 0. The minimum atomic E-state index is 0.238. The van der Waals surface area contributed by atoms with E-state index in [1.54, 1.807) is 0 Å². The minimum Gasteiger partial charge on any atom is -0.411 e. The Morgan fingerprint density at radius 2 is 2.36 bits per heavy atom. The standard InChI is InChI=1S/C7H13N3O/c1-6(2)7(9-5-8)3-4-10-11/h4,11H,1,3,5,8H2,2H3/b9-7?,10-4-. The highest BCUT2D eigenvalue weighted by Gasteiger charge is 1.96. The van der Waals surface area contributed by atoms with Crippen LogP contribution in [0.15, 0.2) is 22.3 Å². The average molecular weight is 155 g/mol. The number of nitrogens with two attached hydrogens (primary N) is 1. The summed E-state index contributed by atoms with van der Waals surface area (Å²) < 4.78 is 0. The molecule has 0 atom stereocenters. The first-order chi connectivity index (χ1) is 5.22. The van der Waals surface area contributed by atoms with Crippen LogP contribution in [-0.4, -0.2) is 23.8 Å². The molecular formula is C7H13N3O. The lowest BCUT2D eigenvalue weighted by molar-refractivity contribution is 0.321. The highest BCUT2D eigenvalue weighted by Crippen LogP contribution is 1.96. The molecule has 0 aliphatic rings. The first-order valence-electron chi connectivity index (χ1n) is 3.27. The molecule has 0 fully saturated rings. The highest BCUT2D eigenvalue weighted by atomic mass is 16.4. The molecule has 0 aromatic heterocycles. The van der Waals surface area contributed by atoms with Crippen molar-refractivity contribution in [3.63, 3.8) is 0 Å². The maximum absolute atomic E-state index is 8.12. The molecule has 0 heterocycles. The van der Waals surface area contributed by atoms with E-state index in [1.807, 2.05) is 6.92 Å². The summed E-state index contributed by atoms with van der Waals surface area (Å²) in [5.41, 5.74) is 6.82. The van der Waals surface area contributed by atoms with Gasteiger partial charge in [0.2, 0.25) is 0 Å². The summed E-state index contributed by atoms with van der Waals surface area (Å²) in [5, 5.41) is 11.0. The molecule has 0 spiro atoms. The van der Waals surface area contributed by atoms with Crippen LogP contribution in [0, 0.1) is 0 Å². The molecule has 4 nitrogen and oxygen atoms in total. The second-order valence-electron chi connectivity index (χ2n) is 2.07. The minimum absolute atomic E-state index is 0.238. The molecule has 62 valence electrons. The van der Waals surface area contributed by atoms with Crippen molar-refractivity contribution in [2.45, 2.75) is 13.3 Å². The van der Waals surface area contributed by atoms with Crippen molar-refractivity contribution in [3.05, 3.63) is 12.2 Å². The number of allylic oxidation sites excluding steroid dienone is 1. The van der Waals surface area contributed by atoms with E-state index in [9.17, 15) is 0 Å². The molecule has 0 aromatic rings. The van der Waals surface area contributed by atoms with E-state index in [0.717, 1.165) is 11.3 Å². The summed E-state index contributed by atoms with van der Waals surface area (Å²) in [4.78, 5) is 3.95. The molecule has 0 bridgehead atoms. The molecule has 0 radical (unpaired) electrons. The Morgan fingerprint density at radius 1 is 1.73 bits per heavy atom. The van der Waals surface area contributed by atoms with Crippen molar-refractivity contribution in [1.29, 1.82) is 0 Å². The maximum atomic E-state index is 8.12. The summed E-state index contributed by atoms with van der Waals surface area (Å²) in [6, 6.07) is 0. The van der Waals surface area contributed by atoms with Crippen LogP contribution in [0.2, 0.25) is 0 Å². The van der Waals surface area contributed by atoms with Gasteiger partial charge in [0, 0.05) is 18.3 Å². The number of nitrogens with zero attached hydrogens (tertiary/aromatic N) is 2. The molecule has 0 aliphatic carbocycles. The van der Waals surface area contributed by atoms with E-state index < -0.39 is 0 Å². The summed E-state index contributed by atoms with van der Waals surface area (Å²) in [5.74, 6) is 0. The lowest BCUT2D eigenvalue weighted by Gasteiger charge is -1.99. The number of hydrogen-bond donors (Lipinski definition) is 2. The van der Waals surface area contributed by atoms with Crippen LogP contribution in [0.1, 0.15) is 13.3 Å². The summed E-state index contributed by atoms with van der Waals surface area (Å²) in [6.45, 7) is 5.77. The Labute approximate surface area is 66.1 Å². The van der Waals surface area contributed by atoms with Crippen molar-refractivity contribution in [1.82, 2.24) is 0 Å². The van der Waals surface area contributed by atoms with E-state index in [0.29, 0.717) is 6.42 Å². The topological polar surface area (TPSA) is 71.0 Å². The normalized spacial score (nSPS) is 12.4. The summed E-state index contributed by atoms with van der Waals surface area (Å²) >= 11 is 0. The zero-order valence-corrected chi connectivity index (χ0v) is 6.62. The van der Waals surface area contributed by atoms with Crippen molar-refractivity contribution in [3.8, 4) is 0 Å². The largest absolute Gasteiger partial charge is 0.411 e. The van der Waals surface area contributed by atoms with Crippen molar-refractivity contribution in [2.75, 3.05) is 6.67 Å². The van der Waals surface area contributed by atoms with Crippen molar-refractivity contribution < 1.29 is 5.21 Å². The van der Waals surface area contributed by atoms with Gasteiger partial charge in [-0.3, -0.25) is 4.99 Å². The smallest absolute Gasteiger partial charge is 0.0862 e. The quantitative estimate of drug-likeness (QED) is 0.357. The fourth-order valence-electron chi connectivity index (χ4n) is 0.611. The third kappa shape index (κ3) is 4.27. The van der Waals surface area contributed by atoms with Crippen LogP contribution in [0.5, 0.6) is 0 Å². The first-order valence-corrected chi connectivity index (χ1v) is 3.27. The summed E-state index contributed by atoms with van der Waals surface area (Å²) in [6.07, 6.45) is 1.83. The van der Waals surface area contributed by atoms with Crippen LogP contribution in [-0.2, 0) is 0 Å². The number of hydrogen-bond acceptors (Lipinski definition) is 4. The lowest BCUT2D eigenvalue weighted by Crippen LogP contribution is -2.05. The third-order valence-electron chi connectivity index (χ3n) is 1.14. The van der Waals surface area contributed by atoms with Gasteiger partial charge in [0.1, 0.15) is 0 Å². The zero-order chi connectivity index (χ0) is 8.69.